The van der Waals surface area contributed by atoms with E-state index >= 15 is 0 Å². The molecule has 17 heavy (non-hydrogen) atoms. The van der Waals surface area contributed by atoms with Gasteiger partial charge in [0.05, 0.1) is 5.92 Å². The Kier molecular flexibility index (Phi) is 3.33. The molecule has 2 rings (SSSR count). The minimum Gasteiger partial charge on any atom is -0.481 e. The average molecular weight is 254 g/mol. The predicted octanol–water partition coefficient (Wildman–Crippen LogP) is 1.77. The highest BCUT2D eigenvalue weighted by atomic mass is 35.5. The van der Waals surface area contributed by atoms with Crippen molar-refractivity contribution in [2.24, 2.45) is 5.92 Å². The van der Waals surface area contributed by atoms with Crippen LogP contribution in [0, 0.1) is 5.92 Å². The molecule has 0 bridgehead atoms. The largest absolute Gasteiger partial charge is 0.481 e. The summed E-state index contributed by atoms with van der Waals surface area (Å²) in [6.45, 7) is 0.641. The highest BCUT2D eigenvalue weighted by Gasteiger charge is 2.34. The molecule has 4 nitrogen and oxygen atoms in total. The van der Waals surface area contributed by atoms with Crippen molar-refractivity contribution in [1.82, 2.24) is 4.90 Å². The highest BCUT2D eigenvalue weighted by Crippen LogP contribution is 2.23. The molecule has 0 aliphatic carbocycles. The quantitative estimate of drug-likeness (QED) is 0.893. The number of hydrogen-bond acceptors (Lipinski definition) is 2. The Hall–Kier alpha value is -1.55. The lowest BCUT2D eigenvalue weighted by molar-refractivity contribution is -0.141. The number of amides is 1. The summed E-state index contributed by atoms with van der Waals surface area (Å²) in [5.74, 6) is -1.64. The van der Waals surface area contributed by atoms with Gasteiger partial charge in [0.15, 0.2) is 0 Å². The number of benzene rings is 1. The first-order valence-corrected chi connectivity index (χ1v) is 5.69. The van der Waals surface area contributed by atoms with Gasteiger partial charge in [0.25, 0.3) is 0 Å². The highest BCUT2D eigenvalue weighted by molar-refractivity contribution is 6.31. The second kappa shape index (κ2) is 4.75. The maximum Gasteiger partial charge on any atom is 0.308 e. The summed E-state index contributed by atoms with van der Waals surface area (Å²) in [6, 6.07) is 7.25. The van der Waals surface area contributed by atoms with E-state index in [-0.39, 0.29) is 18.9 Å². The van der Waals surface area contributed by atoms with Crippen LogP contribution in [-0.4, -0.2) is 28.4 Å². The third-order valence-corrected chi connectivity index (χ3v) is 3.25. The number of carboxylic acid groups (broad SMARTS) is 1. The fourth-order valence-electron chi connectivity index (χ4n) is 1.92. The van der Waals surface area contributed by atoms with Crippen LogP contribution in [0.15, 0.2) is 24.3 Å². The molecule has 0 spiro atoms. The molecule has 1 aromatic carbocycles. The van der Waals surface area contributed by atoms with Crippen LogP contribution in [-0.2, 0) is 16.1 Å². The number of nitrogens with zero attached hydrogens (tertiary/aromatic N) is 1. The van der Waals surface area contributed by atoms with Gasteiger partial charge in [-0.3, -0.25) is 9.59 Å². The molecule has 1 N–H and O–H groups in total. The Morgan fingerprint density at radius 3 is 2.76 bits per heavy atom. The topological polar surface area (TPSA) is 57.6 Å². The Balaban J connectivity index is 2.08. The summed E-state index contributed by atoms with van der Waals surface area (Å²) in [5, 5.41) is 9.46. The van der Waals surface area contributed by atoms with E-state index in [0.717, 1.165) is 5.56 Å². The van der Waals surface area contributed by atoms with E-state index in [1.807, 2.05) is 18.2 Å². The molecule has 1 amide bonds. The number of carboxylic acids is 1. The van der Waals surface area contributed by atoms with E-state index in [0.29, 0.717) is 11.6 Å². The second-order valence-corrected chi connectivity index (χ2v) is 4.51. The molecule has 1 aliphatic heterocycles. The molecule has 5 heteroatoms. The molecule has 1 atom stereocenters. The van der Waals surface area contributed by atoms with Crippen molar-refractivity contribution in [1.29, 1.82) is 0 Å². The first-order chi connectivity index (χ1) is 8.08. The standard InChI is InChI=1S/C12H12ClNO3/c13-10-4-2-1-3-8(10)6-14-7-9(12(16)17)5-11(14)15/h1-4,9H,5-7H2,(H,16,17). The Labute approximate surface area is 104 Å². The molecular weight excluding hydrogens is 242 g/mol. The zero-order chi connectivity index (χ0) is 12.4. The minimum absolute atomic E-state index is 0.0831. The van der Waals surface area contributed by atoms with Crippen molar-refractivity contribution in [2.45, 2.75) is 13.0 Å². The summed E-state index contributed by atoms with van der Waals surface area (Å²) in [5.41, 5.74) is 0.841. The summed E-state index contributed by atoms with van der Waals surface area (Å²) in [7, 11) is 0. The van der Waals surface area contributed by atoms with Crippen LogP contribution < -0.4 is 0 Å². The first kappa shape index (κ1) is 11.9. The van der Waals surface area contributed by atoms with E-state index in [1.54, 1.807) is 11.0 Å². The maximum atomic E-state index is 11.6. The smallest absolute Gasteiger partial charge is 0.308 e. The van der Waals surface area contributed by atoms with Crippen molar-refractivity contribution < 1.29 is 14.7 Å². The van der Waals surface area contributed by atoms with Crippen molar-refractivity contribution in [3.05, 3.63) is 34.9 Å². The van der Waals surface area contributed by atoms with Crippen LogP contribution in [0.25, 0.3) is 0 Å². The normalized spacial score (nSPS) is 19.7. The van der Waals surface area contributed by atoms with Gasteiger partial charge in [0.1, 0.15) is 0 Å². The molecule has 1 heterocycles. The monoisotopic (exact) mass is 253 g/mol. The lowest BCUT2D eigenvalue weighted by Crippen LogP contribution is -2.25. The van der Waals surface area contributed by atoms with Crippen LogP contribution in [0.2, 0.25) is 5.02 Å². The van der Waals surface area contributed by atoms with E-state index < -0.39 is 11.9 Å². The van der Waals surface area contributed by atoms with Crippen molar-refractivity contribution in [2.75, 3.05) is 6.54 Å². The zero-order valence-electron chi connectivity index (χ0n) is 9.10. The van der Waals surface area contributed by atoms with E-state index in [2.05, 4.69) is 0 Å². The van der Waals surface area contributed by atoms with Gasteiger partial charge in [0.2, 0.25) is 5.91 Å². The average Bonchev–Trinajstić information content (AvgIpc) is 2.64. The van der Waals surface area contributed by atoms with E-state index in [9.17, 15) is 9.59 Å². The third kappa shape index (κ3) is 2.58. The maximum absolute atomic E-state index is 11.6. The summed E-state index contributed by atoms with van der Waals surface area (Å²) in [4.78, 5) is 24.0. The number of halogens is 1. The SMILES string of the molecule is O=C(O)C1CC(=O)N(Cc2ccccc2Cl)C1. The second-order valence-electron chi connectivity index (χ2n) is 4.10. The molecule has 1 saturated heterocycles. The summed E-state index contributed by atoms with van der Waals surface area (Å²) in [6.07, 6.45) is 0.0831. The number of hydrogen-bond donors (Lipinski definition) is 1. The molecule has 90 valence electrons. The van der Waals surface area contributed by atoms with Crippen LogP contribution >= 0.6 is 11.6 Å². The molecule has 1 aromatic rings. The summed E-state index contributed by atoms with van der Waals surface area (Å²) >= 11 is 6.00. The van der Waals surface area contributed by atoms with Gasteiger partial charge < -0.3 is 10.0 Å². The number of carbonyl (C=O) groups is 2. The van der Waals surface area contributed by atoms with Crippen molar-refractivity contribution >= 4 is 23.5 Å². The van der Waals surface area contributed by atoms with Crippen molar-refractivity contribution in [3.63, 3.8) is 0 Å². The number of aliphatic carboxylic acids is 1. The fraction of sp³-hybridized carbons (Fsp3) is 0.333. The fourth-order valence-corrected chi connectivity index (χ4v) is 2.12. The lowest BCUT2D eigenvalue weighted by atomic mass is 10.1. The molecule has 0 aromatic heterocycles. The molecule has 1 fully saturated rings. The van der Waals surface area contributed by atoms with Gasteiger partial charge in [-0.25, -0.2) is 0 Å². The van der Waals surface area contributed by atoms with Gasteiger partial charge in [-0.1, -0.05) is 29.8 Å². The molecule has 0 saturated carbocycles. The Morgan fingerprint density at radius 2 is 2.18 bits per heavy atom. The lowest BCUT2D eigenvalue weighted by Gasteiger charge is -2.16. The van der Waals surface area contributed by atoms with E-state index in [4.69, 9.17) is 16.7 Å². The third-order valence-electron chi connectivity index (χ3n) is 2.88. The Bertz CT molecular complexity index is 461. The number of likely N-dealkylation sites (tertiary alicyclic amines) is 1. The minimum atomic E-state index is -0.917. The van der Waals surface area contributed by atoms with Crippen LogP contribution in [0.1, 0.15) is 12.0 Å². The zero-order valence-corrected chi connectivity index (χ0v) is 9.85. The van der Waals surface area contributed by atoms with Crippen LogP contribution in [0.5, 0.6) is 0 Å². The van der Waals surface area contributed by atoms with Crippen molar-refractivity contribution in [3.8, 4) is 0 Å². The molecule has 1 aliphatic rings. The molecular formula is C12H12ClNO3. The predicted molar refractivity (Wildman–Crippen MR) is 62.6 cm³/mol. The molecule has 1 unspecified atom stereocenters. The van der Waals surface area contributed by atoms with Crippen LogP contribution in [0.4, 0.5) is 0 Å². The van der Waals surface area contributed by atoms with Gasteiger partial charge in [-0.2, -0.15) is 0 Å². The summed E-state index contributed by atoms with van der Waals surface area (Å²) < 4.78 is 0. The molecule has 0 radical (unpaired) electrons. The number of rotatable bonds is 3. The Morgan fingerprint density at radius 1 is 1.47 bits per heavy atom. The van der Waals surface area contributed by atoms with Gasteiger partial charge in [-0.05, 0) is 11.6 Å². The van der Waals surface area contributed by atoms with Gasteiger partial charge in [-0.15, -0.1) is 0 Å². The van der Waals surface area contributed by atoms with Gasteiger partial charge >= 0.3 is 5.97 Å². The first-order valence-electron chi connectivity index (χ1n) is 5.32. The van der Waals surface area contributed by atoms with E-state index in [1.165, 1.54) is 0 Å². The van der Waals surface area contributed by atoms with Crippen LogP contribution in [0.3, 0.4) is 0 Å². The number of carbonyl (C=O) groups excluding carboxylic acids is 1. The van der Waals surface area contributed by atoms with Gasteiger partial charge in [0, 0.05) is 24.5 Å².